The number of aryl methyl sites for hydroxylation is 1. The van der Waals surface area contributed by atoms with E-state index in [0.29, 0.717) is 47.1 Å². The lowest BCUT2D eigenvalue weighted by atomic mass is 10.1. The Labute approximate surface area is 237 Å². The SMILES string of the molecule is Cc1ccc(NC(=O)c2cccc(C(F)(F)F)c2)cc1NC(=O)N1CCc2c(Nc3ccc(C(N)=O)cc3)ncnc21. The van der Waals surface area contributed by atoms with Crippen molar-refractivity contribution in [2.24, 2.45) is 5.73 Å². The molecule has 0 aliphatic carbocycles. The van der Waals surface area contributed by atoms with Crippen LogP contribution in [0.15, 0.2) is 73.1 Å². The van der Waals surface area contributed by atoms with Crippen molar-refractivity contribution in [1.82, 2.24) is 9.97 Å². The standard InChI is InChI=1S/C29H24F3N7O3/c1-16-5-8-21(37-27(41)18-3-2-4-19(13-18)29(30,31)32)14-23(16)38-28(42)39-12-11-22-25(34-15-35-26(22)39)36-20-9-6-17(7-10-20)24(33)40/h2-10,13-15H,11-12H2,1H3,(H2,33,40)(H,37,41)(H,38,42)(H,34,35,36). The van der Waals surface area contributed by atoms with E-state index >= 15 is 0 Å². The molecule has 1 aliphatic rings. The van der Waals surface area contributed by atoms with Gasteiger partial charge in [0.15, 0.2) is 0 Å². The number of benzene rings is 3. The second kappa shape index (κ2) is 11.2. The Morgan fingerprint density at radius 2 is 1.64 bits per heavy atom. The number of nitrogens with zero attached hydrogens (tertiary/aromatic N) is 3. The lowest BCUT2D eigenvalue weighted by Gasteiger charge is -2.19. The maximum absolute atomic E-state index is 13.3. The van der Waals surface area contributed by atoms with Crippen LogP contribution < -0.4 is 26.6 Å². The third kappa shape index (κ3) is 5.99. The van der Waals surface area contributed by atoms with Gasteiger partial charge in [0.1, 0.15) is 18.0 Å². The molecule has 1 aromatic heterocycles. The van der Waals surface area contributed by atoms with E-state index in [4.69, 9.17) is 5.73 Å². The Kier molecular flexibility index (Phi) is 7.49. The van der Waals surface area contributed by atoms with Crippen molar-refractivity contribution in [1.29, 1.82) is 0 Å². The molecule has 0 saturated heterocycles. The number of aromatic nitrogens is 2. The Hall–Kier alpha value is -5.46. The number of rotatable bonds is 6. The lowest BCUT2D eigenvalue weighted by Crippen LogP contribution is -2.34. The van der Waals surface area contributed by atoms with Gasteiger partial charge in [0.05, 0.1) is 5.56 Å². The number of nitrogens with one attached hydrogen (secondary N) is 3. The average molecular weight is 576 g/mol. The first kappa shape index (κ1) is 28.1. The van der Waals surface area contributed by atoms with E-state index in [2.05, 4.69) is 25.9 Å². The zero-order valence-electron chi connectivity index (χ0n) is 22.1. The molecule has 0 unspecified atom stereocenters. The minimum absolute atomic E-state index is 0.155. The monoisotopic (exact) mass is 575 g/mol. The zero-order chi connectivity index (χ0) is 30.0. The molecule has 214 valence electrons. The summed E-state index contributed by atoms with van der Waals surface area (Å²) < 4.78 is 39.2. The van der Waals surface area contributed by atoms with E-state index in [1.54, 1.807) is 43.3 Å². The van der Waals surface area contributed by atoms with Crippen LogP contribution >= 0.6 is 0 Å². The number of urea groups is 1. The summed E-state index contributed by atoms with van der Waals surface area (Å²) in [5, 5.41) is 8.58. The van der Waals surface area contributed by atoms with Gasteiger partial charge in [-0.1, -0.05) is 12.1 Å². The van der Waals surface area contributed by atoms with Crippen LogP contribution in [0.3, 0.4) is 0 Å². The molecule has 4 amide bonds. The smallest absolute Gasteiger partial charge is 0.366 e. The van der Waals surface area contributed by atoms with E-state index in [0.717, 1.165) is 23.8 Å². The number of carbonyl (C=O) groups excluding carboxylic acids is 3. The topological polar surface area (TPSA) is 142 Å². The van der Waals surface area contributed by atoms with Gasteiger partial charge >= 0.3 is 12.2 Å². The average Bonchev–Trinajstić information content (AvgIpc) is 3.40. The Bertz CT molecular complexity index is 1690. The van der Waals surface area contributed by atoms with Gasteiger partial charge in [-0.3, -0.25) is 14.5 Å². The fourth-order valence-electron chi connectivity index (χ4n) is 4.41. The molecular weight excluding hydrogens is 551 g/mol. The van der Waals surface area contributed by atoms with Gasteiger partial charge in [0.2, 0.25) is 5.91 Å². The molecule has 0 saturated carbocycles. The number of hydrogen-bond acceptors (Lipinski definition) is 6. The van der Waals surface area contributed by atoms with Crippen LogP contribution in [0.5, 0.6) is 0 Å². The van der Waals surface area contributed by atoms with Crippen molar-refractivity contribution < 1.29 is 27.6 Å². The zero-order valence-corrected chi connectivity index (χ0v) is 22.1. The molecule has 42 heavy (non-hydrogen) atoms. The van der Waals surface area contributed by atoms with E-state index in [-0.39, 0.29) is 11.3 Å². The third-order valence-electron chi connectivity index (χ3n) is 6.63. The molecule has 4 aromatic rings. The van der Waals surface area contributed by atoms with Gasteiger partial charge in [-0.15, -0.1) is 0 Å². The Balaban J connectivity index is 1.29. The highest BCUT2D eigenvalue weighted by molar-refractivity contribution is 6.06. The van der Waals surface area contributed by atoms with Crippen LogP contribution in [-0.4, -0.2) is 34.4 Å². The van der Waals surface area contributed by atoms with Crippen LogP contribution in [0.4, 0.5) is 46.7 Å². The molecule has 10 nitrogen and oxygen atoms in total. The van der Waals surface area contributed by atoms with Crippen LogP contribution in [-0.2, 0) is 12.6 Å². The number of carbonyl (C=O) groups is 3. The summed E-state index contributed by atoms with van der Waals surface area (Å²) in [6.45, 7) is 2.10. The molecule has 1 aliphatic heterocycles. The molecule has 0 atom stereocenters. The molecule has 0 bridgehead atoms. The Morgan fingerprint density at radius 3 is 2.36 bits per heavy atom. The maximum atomic E-state index is 13.3. The van der Waals surface area contributed by atoms with Gasteiger partial charge < -0.3 is 21.7 Å². The minimum Gasteiger partial charge on any atom is -0.366 e. The third-order valence-corrected chi connectivity index (χ3v) is 6.63. The fourth-order valence-corrected chi connectivity index (χ4v) is 4.41. The molecule has 3 aromatic carbocycles. The quantitative estimate of drug-likeness (QED) is 0.239. The molecule has 5 N–H and O–H groups in total. The number of fused-ring (bicyclic) bond motifs is 1. The molecule has 2 heterocycles. The predicted molar refractivity (Wildman–Crippen MR) is 151 cm³/mol. The first-order valence-electron chi connectivity index (χ1n) is 12.7. The van der Waals surface area contributed by atoms with Crippen molar-refractivity contribution >= 4 is 46.5 Å². The number of alkyl halides is 3. The molecule has 0 fully saturated rings. The van der Waals surface area contributed by atoms with Crippen molar-refractivity contribution in [3.05, 3.63) is 101 Å². The van der Waals surface area contributed by atoms with Gasteiger partial charge in [0, 0.05) is 40.3 Å². The molecule has 13 heteroatoms. The van der Waals surface area contributed by atoms with Gasteiger partial charge in [-0.25, -0.2) is 14.8 Å². The summed E-state index contributed by atoms with van der Waals surface area (Å²) in [6, 6.07) is 15.0. The maximum Gasteiger partial charge on any atom is 0.416 e. The van der Waals surface area contributed by atoms with Crippen LogP contribution in [0.2, 0.25) is 0 Å². The van der Waals surface area contributed by atoms with Crippen molar-refractivity contribution in [3.8, 4) is 0 Å². The van der Waals surface area contributed by atoms with Gasteiger partial charge in [-0.05, 0) is 73.5 Å². The minimum atomic E-state index is -4.58. The fraction of sp³-hybridized carbons (Fsp3) is 0.138. The highest BCUT2D eigenvalue weighted by Gasteiger charge is 2.31. The summed E-state index contributed by atoms with van der Waals surface area (Å²) in [6.07, 6.45) is -2.76. The predicted octanol–water partition coefficient (Wildman–Crippen LogP) is 5.49. The summed E-state index contributed by atoms with van der Waals surface area (Å²) in [5.74, 6) is -0.329. The second-order valence-electron chi connectivity index (χ2n) is 9.49. The first-order valence-corrected chi connectivity index (χ1v) is 12.7. The van der Waals surface area contributed by atoms with Crippen molar-refractivity contribution in [2.75, 3.05) is 27.4 Å². The van der Waals surface area contributed by atoms with Crippen LogP contribution in [0.25, 0.3) is 0 Å². The first-order chi connectivity index (χ1) is 20.0. The number of primary amides is 1. The van der Waals surface area contributed by atoms with Crippen LogP contribution in [0.1, 0.15) is 37.4 Å². The van der Waals surface area contributed by atoms with Crippen molar-refractivity contribution in [3.63, 3.8) is 0 Å². The van der Waals surface area contributed by atoms with E-state index in [1.165, 1.54) is 23.4 Å². The highest BCUT2D eigenvalue weighted by Crippen LogP contribution is 2.33. The molecule has 5 rings (SSSR count). The molecular formula is C29H24F3N7O3. The normalized spacial score (nSPS) is 12.4. The summed E-state index contributed by atoms with van der Waals surface area (Å²) in [5.41, 5.74) is 7.36. The molecule has 0 radical (unpaired) electrons. The number of hydrogen-bond donors (Lipinski definition) is 4. The highest BCUT2D eigenvalue weighted by atomic mass is 19.4. The summed E-state index contributed by atoms with van der Waals surface area (Å²) in [4.78, 5) is 47.3. The number of anilines is 5. The van der Waals surface area contributed by atoms with E-state index < -0.39 is 29.6 Å². The Morgan fingerprint density at radius 1 is 0.905 bits per heavy atom. The number of halogens is 3. The lowest BCUT2D eigenvalue weighted by molar-refractivity contribution is -0.137. The van der Waals surface area contributed by atoms with Crippen molar-refractivity contribution in [2.45, 2.75) is 19.5 Å². The summed E-state index contributed by atoms with van der Waals surface area (Å²) >= 11 is 0. The van der Waals surface area contributed by atoms with Crippen LogP contribution in [0, 0.1) is 6.92 Å². The second-order valence-corrected chi connectivity index (χ2v) is 9.49. The summed E-state index contributed by atoms with van der Waals surface area (Å²) in [7, 11) is 0. The number of nitrogens with two attached hydrogens (primary N) is 1. The van der Waals surface area contributed by atoms with E-state index in [9.17, 15) is 27.6 Å². The van der Waals surface area contributed by atoms with Gasteiger partial charge in [-0.2, -0.15) is 13.2 Å². The largest absolute Gasteiger partial charge is 0.416 e. The van der Waals surface area contributed by atoms with E-state index in [1.807, 2.05) is 0 Å². The number of amides is 4. The molecule has 0 spiro atoms. The van der Waals surface area contributed by atoms with Gasteiger partial charge in [0.25, 0.3) is 5.91 Å².